The van der Waals surface area contributed by atoms with Gasteiger partial charge in [-0.25, -0.2) is 0 Å². The fourth-order valence-corrected chi connectivity index (χ4v) is 1.29. The molecule has 0 aliphatic heterocycles. The molecule has 0 aliphatic rings. The average Bonchev–Trinajstić information content (AvgIpc) is 2.21. The lowest BCUT2D eigenvalue weighted by Gasteiger charge is -2.16. The predicted octanol–water partition coefficient (Wildman–Crippen LogP) is 3.30. The van der Waals surface area contributed by atoms with Crippen LogP contribution in [0.25, 0.3) is 0 Å². The first-order valence-electron chi connectivity index (χ1n) is 4.89. The molecule has 0 saturated carbocycles. The second-order valence-electron chi connectivity index (χ2n) is 3.09. The lowest BCUT2D eigenvalue weighted by molar-refractivity contribution is -0.0137. The van der Waals surface area contributed by atoms with Gasteiger partial charge in [-0.2, -0.15) is 0 Å². The zero-order valence-electron chi connectivity index (χ0n) is 8.98. The summed E-state index contributed by atoms with van der Waals surface area (Å²) in [7, 11) is 0. The summed E-state index contributed by atoms with van der Waals surface area (Å²) in [4.78, 5) is 0. The Bertz CT molecular complexity index is 331. The van der Waals surface area contributed by atoms with E-state index in [0.717, 1.165) is 17.7 Å². The van der Waals surface area contributed by atoms with Gasteiger partial charge in [0.1, 0.15) is 5.75 Å². The van der Waals surface area contributed by atoms with Gasteiger partial charge in [-0.1, -0.05) is 30.9 Å². The normalized spacial score (nSPS) is 11.5. The van der Waals surface area contributed by atoms with Crippen molar-refractivity contribution < 1.29 is 9.47 Å². The minimum atomic E-state index is -0.325. The highest BCUT2D eigenvalue weighted by molar-refractivity contribution is 5.34. The molecule has 1 aromatic rings. The van der Waals surface area contributed by atoms with Gasteiger partial charge in [0.15, 0.2) is 0 Å². The number of hydrogen-bond donors (Lipinski definition) is 0. The van der Waals surface area contributed by atoms with Gasteiger partial charge in [0.25, 0.3) is 0 Å². The van der Waals surface area contributed by atoms with Crippen LogP contribution in [0.1, 0.15) is 12.5 Å². The summed E-state index contributed by atoms with van der Waals surface area (Å²) in [5.74, 6) is 0.826. The van der Waals surface area contributed by atoms with E-state index in [-0.39, 0.29) is 6.29 Å². The molecule has 15 heavy (non-hydrogen) atoms. The van der Waals surface area contributed by atoms with Crippen LogP contribution in [0.15, 0.2) is 49.8 Å². The Morgan fingerprint density at radius 3 is 2.73 bits per heavy atom. The maximum atomic E-state index is 5.60. The van der Waals surface area contributed by atoms with Gasteiger partial charge in [-0.15, -0.1) is 6.58 Å². The van der Waals surface area contributed by atoms with Crippen molar-refractivity contribution in [2.75, 3.05) is 0 Å². The second kappa shape index (κ2) is 5.91. The van der Waals surface area contributed by atoms with Gasteiger partial charge in [0.2, 0.25) is 6.29 Å². The summed E-state index contributed by atoms with van der Waals surface area (Å²) in [6, 6.07) is 7.84. The molecular formula is C13H16O2. The Hall–Kier alpha value is -1.70. The quantitative estimate of drug-likeness (QED) is 0.402. The number of ether oxygens (including phenoxy) is 2. The third-order valence-electron chi connectivity index (χ3n) is 1.92. The lowest BCUT2D eigenvalue weighted by Crippen LogP contribution is -2.13. The summed E-state index contributed by atoms with van der Waals surface area (Å²) in [5, 5.41) is 0. The lowest BCUT2D eigenvalue weighted by atomic mass is 10.1. The maximum absolute atomic E-state index is 5.60. The summed E-state index contributed by atoms with van der Waals surface area (Å²) >= 11 is 0. The van der Waals surface area contributed by atoms with Crippen LogP contribution < -0.4 is 4.74 Å². The molecule has 0 spiro atoms. The Kier molecular flexibility index (Phi) is 4.48. The third kappa shape index (κ3) is 3.50. The molecule has 0 aromatic heterocycles. The van der Waals surface area contributed by atoms with Crippen LogP contribution in [-0.4, -0.2) is 6.29 Å². The zero-order valence-corrected chi connectivity index (χ0v) is 8.98. The highest BCUT2D eigenvalue weighted by Crippen LogP contribution is 2.20. The minimum absolute atomic E-state index is 0.325. The smallest absolute Gasteiger partial charge is 0.237 e. The van der Waals surface area contributed by atoms with E-state index in [9.17, 15) is 0 Å². The highest BCUT2D eigenvalue weighted by atomic mass is 16.7. The fraction of sp³-hybridized carbons (Fsp3) is 0.231. The molecule has 1 rings (SSSR count). The van der Waals surface area contributed by atoms with Gasteiger partial charge >= 0.3 is 0 Å². The molecule has 2 heteroatoms. The van der Waals surface area contributed by atoms with Crippen LogP contribution >= 0.6 is 0 Å². The highest BCUT2D eigenvalue weighted by Gasteiger charge is 2.05. The number of hydrogen-bond acceptors (Lipinski definition) is 2. The van der Waals surface area contributed by atoms with Crippen molar-refractivity contribution in [2.24, 2.45) is 0 Å². The van der Waals surface area contributed by atoms with Crippen molar-refractivity contribution in [1.29, 1.82) is 0 Å². The predicted molar refractivity (Wildman–Crippen MR) is 61.7 cm³/mol. The average molecular weight is 204 g/mol. The van der Waals surface area contributed by atoms with Crippen molar-refractivity contribution in [3.8, 4) is 5.75 Å². The SMILES string of the molecule is C=CCc1ccccc1OC(C)OC=C. The van der Waals surface area contributed by atoms with E-state index in [2.05, 4.69) is 13.2 Å². The Balaban J connectivity index is 2.73. The summed E-state index contributed by atoms with van der Waals surface area (Å²) < 4.78 is 10.7. The molecule has 0 bridgehead atoms. The van der Waals surface area contributed by atoms with Crippen LogP contribution in [0, 0.1) is 0 Å². The molecular weight excluding hydrogens is 188 g/mol. The van der Waals surface area contributed by atoms with E-state index < -0.39 is 0 Å². The van der Waals surface area contributed by atoms with Crippen LogP contribution in [0.4, 0.5) is 0 Å². The maximum Gasteiger partial charge on any atom is 0.237 e. The molecule has 0 heterocycles. The van der Waals surface area contributed by atoms with Crippen LogP contribution in [-0.2, 0) is 11.2 Å². The van der Waals surface area contributed by atoms with Crippen molar-refractivity contribution in [3.63, 3.8) is 0 Å². The molecule has 2 nitrogen and oxygen atoms in total. The molecule has 0 aliphatic carbocycles. The van der Waals surface area contributed by atoms with Gasteiger partial charge < -0.3 is 9.47 Å². The van der Waals surface area contributed by atoms with Crippen LogP contribution in [0.5, 0.6) is 5.75 Å². The fourth-order valence-electron chi connectivity index (χ4n) is 1.29. The summed E-state index contributed by atoms with van der Waals surface area (Å²) in [5.41, 5.74) is 1.10. The Morgan fingerprint density at radius 1 is 1.33 bits per heavy atom. The van der Waals surface area contributed by atoms with E-state index in [1.54, 1.807) is 0 Å². The van der Waals surface area contributed by atoms with Gasteiger partial charge in [-0.3, -0.25) is 0 Å². The van der Waals surface area contributed by atoms with Gasteiger partial charge in [0.05, 0.1) is 6.26 Å². The first-order chi connectivity index (χ1) is 7.27. The minimum Gasteiger partial charge on any atom is -0.463 e. The molecule has 80 valence electrons. The van der Waals surface area contributed by atoms with Crippen molar-refractivity contribution in [3.05, 3.63) is 55.3 Å². The van der Waals surface area contributed by atoms with Crippen molar-refractivity contribution in [1.82, 2.24) is 0 Å². The van der Waals surface area contributed by atoms with E-state index in [1.807, 2.05) is 37.3 Å². The molecule has 1 aromatic carbocycles. The van der Waals surface area contributed by atoms with Gasteiger partial charge in [0, 0.05) is 6.92 Å². The Labute approximate surface area is 90.8 Å². The number of para-hydroxylation sites is 1. The molecule has 0 fully saturated rings. The van der Waals surface area contributed by atoms with Crippen LogP contribution in [0.3, 0.4) is 0 Å². The number of benzene rings is 1. The second-order valence-corrected chi connectivity index (χ2v) is 3.09. The van der Waals surface area contributed by atoms with E-state index in [0.29, 0.717) is 0 Å². The standard InChI is InChI=1S/C13H16O2/c1-4-8-12-9-6-7-10-13(12)15-11(3)14-5-2/h4-7,9-11H,1-2,8H2,3H3. The molecule has 1 atom stereocenters. The summed E-state index contributed by atoms with van der Waals surface area (Å²) in [6.45, 7) is 9.02. The monoisotopic (exact) mass is 204 g/mol. The third-order valence-corrected chi connectivity index (χ3v) is 1.92. The first-order valence-corrected chi connectivity index (χ1v) is 4.89. The molecule has 0 saturated heterocycles. The van der Waals surface area contributed by atoms with Gasteiger partial charge in [-0.05, 0) is 18.1 Å². The van der Waals surface area contributed by atoms with E-state index in [4.69, 9.17) is 9.47 Å². The van der Waals surface area contributed by atoms with E-state index >= 15 is 0 Å². The molecule has 0 radical (unpaired) electrons. The van der Waals surface area contributed by atoms with E-state index in [1.165, 1.54) is 6.26 Å². The molecule has 1 unspecified atom stereocenters. The zero-order chi connectivity index (χ0) is 11.1. The first kappa shape index (κ1) is 11.4. The van der Waals surface area contributed by atoms with Crippen molar-refractivity contribution >= 4 is 0 Å². The Morgan fingerprint density at radius 2 is 2.07 bits per heavy atom. The number of rotatable bonds is 6. The van der Waals surface area contributed by atoms with Crippen LogP contribution in [0.2, 0.25) is 0 Å². The number of allylic oxidation sites excluding steroid dienone is 1. The largest absolute Gasteiger partial charge is 0.463 e. The molecule has 0 amide bonds. The van der Waals surface area contributed by atoms with Crippen molar-refractivity contribution in [2.45, 2.75) is 19.6 Å². The summed E-state index contributed by atoms with van der Waals surface area (Å²) in [6.07, 6.45) is 3.69. The topological polar surface area (TPSA) is 18.5 Å². The molecule has 0 N–H and O–H groups in total.